The molecule has 7 rings (SSSR count). The number of nitrogens with one attached hydrogen (secondary N) is 2. The van der Waals surface area contributed by atoms with Gasteiger partial charge in [-0.25, -0.2) is 10.1 Å². The molecule has 0 radical (unpaired) electrons. The maximum Gasteiger partial charge on any atom is 0.336 e. The Hall–Kier alpha value is -1.59. The lowest BCUT2D eigenvalue weighted by atomic mass is 9.46. The highest BCUT2D eigenvalue weighted by Crippen LogP contribution is 2.62. The number of aliphatic hydroxyl groups excluding tert-OH is 2. The molecule has 10 N–H and O–H groups in total. The number of amides is 1. The fraction of sp³-hybridized carbons (Fsp3) is 0.739. The van der Waals surface area contributed by atoms with E-state index >= 15 is 0 Å². The Morgan fingerprint density at radius 1 is 1.16 bits per heavy atom. The lowest BCUT2D eigenvalue weighted by Gasteiger charge is -2.61. The van der Waals surface area contributed by atoms with Gasteiger partial charge in [0.1, 0.15) is 24.2 Å². The third-order valence-electron chi connectivity index (χ3n) is 9.18. The predicted molar refractivity (Wildman–Crippen MR) is 150 cm³/mol. The summed E-state index contributed by atoms with van der Waals surface area (Å²) in [4.78, 5) is 53.8. The van der Waals surface area contributed by atoms with Crippen molar-refractivity contribution in [1.82, 2.24) is 24.6 Å². The van der Waals surface area contributed by atoms with Crippen LogP contribution in [0.4, 0.5) is 5.82 Å². The number of hydrogen-bond donors (Lipinski definition) is 9. The van der Waals surface area contributed by atoms with Crippen LogP contribution < -0.4 is 16.1 Å². The van der Waals surface area contributed by atoms with Crippen LogP contribution in [0.25, 0.3) is 11.2 Å². The van der Waals surface area contributed by atoms with Crippen molar-refractivity contribution in [2.45, 2.75) is 74.7 Å². The van der Waals surface area contributed by atoms with E-state index in [1.165, 1.54) is 10.9 Å². The van der Waals surface area contributed by atoms with Crippen molar-refractivity contribution in [1.29, 1.82) is 0 Å². The third kappa shape index (κ3) is 6.03. The van der Waals surface area contributed by atoms with Crippen molar-refractivity contribution in [2.24, 2.45) is 23.0 Å². The van der Waals surface area contributed by atoms with Gasteiger partial charge in [-0.2, -0.15) is 9.97 Å². The van der Waals surface area contributed by atoms with Gasteiger partial charge in [-0.05, 0) is 67.4 Å². The molecule has 2 aromatic rings. The van der Waals surface area contributed by atoms with E-state index in [1.54, 1.807) is 0 Å². The van der Waals surface area contributed by atoms with Crippen LogP contribution >= 0.6 is 26.7 Å². The summed E-state index contributed by atoms with van der Waals surface area (Å²) in [7, 11) is -9.31. The number of nitrogens with zero attached hydrogens (tertiary/aromatic N) is 4. The van der Waals surface area contributed by atoms with E-state index in [-0.39, 0.29) is 22.3 Å². The van der Waals surface area contributed by atoms with Gasteiger partial charge >= 0.3 is 7.60 Å². The van der Waals surface area contributed by atoms with Crippen LogP contribution in [0.5, 0.6) is 0 Å². The molecule has 17 nitrogen and oxygen atoms in total. The quantitative estimate of drug-likeness (QED) is 0.122. The van der Waals surface area contributed by atoms with Crippen molar-refractivity contribution >= 4 is 49.6 Å². The van der Waals surface area contributed by atoms with Crippen LogP contribution in [0, 0.1) is 17.3 Å². The first-order chi connectivity index (χ1) is 20.0. The maximum absolute atomic E-state index is 13.5. The van der Waals surface area contributed by atoms with Gasteiger partial charge in [0.25, 0.3) is 7.52 Å². The van der Waals surface area contributed by atoms with E-state index in [0.29, 0.717) is 18.3 Å². The van der Waals surface area contributed by atoms with E-state index in [1.807, 2.05) is 0 Å². The first-order valence-electron chi connectivity index (χ1n) is 13.8. The topological polar surface area (TPSA) is 275 Å². The van der Waals surface area contributed by atoms with Crippen LogP contribution in [0.3, 0.4) is 0 Å². The number of halogens is 1. The molecule has 1 aliphatic heterocycles. The zero-order valence-corrected chi connectivity index (χ0v) is 25.3. The van der Waals surface area contributed by atoms with Crippen LogP contribution in [0.1, 0.15) is 44.8 Å². The molecule has 10 atom stereocenters. The first kappa shape index (κ1) is 31.4. The van der Waals surface area contributed by atoms with Crippen molar-refractivity contribution < 1.29 is 48.7 Å². The Morgan fingerprint density at radius 3 is 2.47 bits per heavy atom. The number of rotatable bonds is 9. The van der Waals surface area contributed by atoms with E-state index in [0.717, 1.165) is 32.1 Å². The van der Waals surface area contributed by atoms with Crippen molar-refractivity contribution in [2.75, 3.05) is 17.8 Å². The molecule has 2 aromatic heterocycles. The van der Waals surface area contributed by atoms with Gasteiger partial charge in [0, 0.05) is 6.54 Å². The predicted octanol–water partition coefficient (Wildman–Crippen LogP) is -0.394. The SMILES string of the molecule is NC(C(=O)Nc1nc(Cl)nc2c1ncn2[C@@H]1O[C@H](CNP(=O)(O)CP(=O)(O)O)C(O)C1O)C12CC3C[C@H](C1)C[C@@](O)(C3)C2. The van der Waals surface area contributed by atoms with Gasteiger partial charge in [0.05, 0.1) is 18.0 Å². The zero-order valence-electron chi connectivity index (χ0n) is 22.7. The standard InChI is InChI=1S/C23H34ClN7O10P2/c24-21-29-17(28-19(34)16(25)22-2-10-1-11(3-22)5-23(35,4-10)7-22)13-18(30-21)31(8-26-13)20-15(33)14(32)12(41-20)6-27-42(36,37)9-43(38,39)40/h8,10-12,14-16,20,32-33,35H,1-7,9,25H2,(H2,27,36,37)(H2,38,39,40)(H,28,29,30,34)/t10-,11?,12-,14?,15?,16?,20-,22?,23-/m1/s1. The largest absolute Gasteiger partial charge is 0.390 e. The molecule has 1 saturated heterocycles. The molecular weight excluding hydrogens is 632 g/mol. The van der Waals surface area contributed by atoms with E-state index < -0.39 is 75.1 Å². The normalized spacial score (nSPS) is 37.5. The molecule has 4 bridgehead atoms. The van der Waals surface area contributed by atoms with Crippen LogP contribution in [-0.4, -0.2) is 97.8 Å². The lowest BCUT2D eigenvalue weighted by Crippen LogP contribution is -2.63. The van der Waals surface area contributed by atoms with Gasteiger partial charge in [0.2, 0.25) is 11.2 Å². The molecule has 3 heterocycles. The second-order valence-corrected chi connectivity index (χ2v) is 17.1. The molecule has 238 valence electrons. The van der Waals surface area contributed by atoms with Gasteiger partial charge in [-0.1, -0.05) is 0 Å². The minimum absolute atomic E-state index is 0.0344. The molecule has 5 aliphatic rings. The molecule has 5 fully saturated rings. The minimum Gasteiger partial charge on any atom is -0.390 e. The lowest BCUT2D eigenvalue weighted by molar-refractivity contribution is -0.172. The summed E-state index contributed by atoms with van der Waals surface area (Å²) in [5.74, 6) is -1.23. The molecular formula is C23H34ClN7O10P2. The second kappa shape index (κ2) is 10.7. The molecule has 1 amide bonds. The summed E-state index contributed by atoms with van der Waals surface area (Å²) < 4.78 is 30.2. The number of ether oxygens (including phenoxy) is 1. The molecule has 20 heteroatoms. The van der Waals surface area contributed by atoms with Gasteiger partial charge in [-0.3, -0.25) is 18.5 Å². The van der Waals surface area contributed by atoms with E-state index in [9.17, 15) is 34.1 Å². The number of carbonyl (C=O) groups excluding carboxylic acids is 1. The average Bonchev–Trinajstić information content (AvgIpc) is 3.40. The fourth-order valence-corrected chi connectivity index (χ4v) is 11.0. The number of hydrogen-bond acceptors (Lipinski definition) is 11. The van der Waals surface area contributed by atoms with Crippen molar-refractivity contribution in [3.63, 3.8) is 0 Å². The minimum atomic E-state index is -4.82. The Labute approximate surface area is 249 Å². The summed E-state index contributed by atoms with van der Waals surface area (Å²) in [5.41, 5.74) is 5.33. The van der Waals surface area contributed by atoms with Gasteiger partial charge < -0.3 is 45.8 Å². The molecule has 43 heavy (non-hydrogen) atoms. The summed E-state index contributed by atoms with van der Waals surface area (Å²) >= 11 is 6.18. The number of aromatic nitrogens is 4. The number of nitrogens with two attached hydrogens (primary N) is 1. The highest BCUT2D eigenvalue weighted by Gasteiger charge is 2.60. The maximum atomic E-state index is 13.5. The Balaban J connectivity index is 1.20. The summed E-state index contributed by atoms with van der Waals surface area (Å²) in [6, 6.07) is -0.924. The van der Waals surface area contributed by atoms with Crippen LogP contribution in [-0.2, 0) is 18.7 Å². The average molecular weight is 666 g/mol. The molecule has 0 aromatic carbocycles. The Kier molecular flexibility index (Phi) is 7.85. The fourth-order valence-electron chi connectivity index (χ4n) is 7.94. The molecule has 4 saturated carbocycles. The summed E-state index contributed by atoms with van der Waals surface area (Å²) in [6.45, 7) is -0.525. The number of fused-ring (bicyclic) bond motifs is 1. The van der Waals surface area contributed by atoms with E-state index in [4.69, 9.17) is 31.9 Å². The summed E-state index contributed by atoms with van der Waals surface area (Å²) in [5, 5.41) is 36.9. The number of imidazole rings is 1. The molecule has 6 unspecified atom stereocenters. The second-order valence-electron chi connectivity index (χ2n) is 12.6. The Morgan fingerprint density at radius 2 is 1.84 bits per heavy atom. The van der Waals surface area contributed by atoms with Crippen molar-refractivity contribution in [3.8, 4) is 0 Å². The van der Waals surface area contributed by atoms with Crippen molar-refractivity contribution in [3.05, 3.63) is 11.6 Å². The number of carbonyl (C=O) groups is 1. The highest BCUT2D eigenvalue weighted by atomic mass is 35.5. The third-order valence-corrected chi connectivity index (χ3v) is 13.0. The first-order valence-corrected chi connectivity index (χ1v) is 17.8. The van der Waals surface area contributed by atoms with Crippen LogP contribution in [0.15, 0.2) is 6.33 Å². The van der Waals surface area contributed by atoms with E-state index in [2.05, 4.69) is 25.4 Å². The van der Waals surface area contributed by atoms with Gasteiger partial charge in [0.15, 0.2) is 23.2 Å². The summed E-state index contributed by atoms with van der Waals surface area (Å²) in [6.07, 6.45) is -0.0387. The number of aliphatic hydroxyl groups is 3. The zero-order chi connectivity index (χ0) is 31.1. The molecule has 4 aliphatic carbocycles. The van der Waals surface area contributed by atoms with Gasteiger partial charge in [-0.15, -0.1) is 0 Å². The highest BCUT2D eigenvalue weighted by molar-refractivity contribution is 7.71. The van der Waals surface area contributed by atoms with Crippen LogP contribution in [0.2, 0.25) is 5.28 Å². The smallest absolute Gasteiger partial charge is 0.336 e. The number of anilines is 1. The monoisotopic (exact) mass is 665 g/mol. The Bertz CT molecular complexity index is 1530. The molecule has 0 spiro atoms.